The average molecular weight is 309 g/mol. The van der Waals surface area contributed by atoms with Crippen molar-refractivity contribution in [1.82, 2.24) is 9.88 Å². The van der Waals surface area contributed by atoms with Crippen LogP contribution >= 0.6 is 0 Å². The highest BCUT2D eigenvalue weighted by Gasteiger charge is 2.17. The molecule has 0 aliphatic carbocycles. The molecule has 1 saturated heterocycles. The number of likely N-dealkylation sites (tertiary alicyclic amines) is 1. The smallest absolute Gasteiger partial charge is 0.274 e. The highest BCUT2D eigenvalue weighted by molar-refractivity contribution is 6.02. The monoisotopic (exact) mass is 309 g/mol. The third-order valence-corrected chi connectivity index (χ3v) is 3.92. The molecule has 0 unspecified atom stereocenters. The molecule has 23 heavy (non-hydrogen) atoms. The summed E-state index contributed by atoms with van der Waals surface area (Å²) in [5, 5.41) is 2.80. The lowest BCUT2D eigenvalue weighted by molar-refractivity contribution is -0.129. The maximum Gasteiger partial charge on any atom is 0.274 e. The lowest BCUT2D eigenvalue weighted by atomic mass is 10.1. The molecular weight excluding hydrogens is 290 g/mol. The van der Waals surface area contributed by atoms with Gasteiger partial charge in [-0.2, -0.15) is 0 Å². The van der Waals surface area contributed by atoms with E-state index in [-0.39, 0.29) is 11.8 Å². The Hall–Kier alpha value is -2.69. The first-order valence-electron chi connectivity index (χ1n) is 7.81. The Kier molecular flexibility index (Phi) is 4.66. The van der Waals surface area contributed by atoms with Crippen LogP contribution in [0.3, 0.4) is 0 Å². The van der Waals surface area contributed by atoms with Crippen molar-refractivity contribution in [3.63, 3.8) is 0 Å². The molecule has 5 nitrogen and oxygen atoms in total. The average Bonchev–Trinajstić information content (AvgIpc) is 3.12. The number of nitrogens with one attached hydrogen (secondary N) is 1. The van der Waals surface area contributed by atoms with Gasteiger partial charge < -0.3 is 10.2 Å². The second kappa shape index (κ2) is 7.05. The Labute approximate surface area is 135 Å². The molecule has 5 heteroatoms. The van der Waals surface area contributed by atoms with E-state index in [0.29, 0.717) is 17.8 Å². The number of carbonyl (C=O) groups is 2. The fourth-order valence-electron chi connectivity index (χ4n) is 2.65. The largest absolute Gasteiger partial charge is 0.342 e. The number of pyridine rings is 1. The normalized spacial score (nSPS) is 13.8. The standard InChI is InChI=1S/C18H19N3O2/c22-17(21-11-3-4-12-21)13-14-6-8-15(9-7-14)20-18(23)16-5-1-2-10-19-16/h1-2,5-10H,3-4,11-13H2,(H,20,23). The lowest BCUT2D eigenvalue weighted by Crippen LogP contribution is -2.29. The first-order chi connectivity index (χ1) is 11.2. The zero-order valence-corrected chi connectivity index (χ0v) is 12.9. The summed E-state index contributed by atoms with van der Waals surface area (Å²) in [4.78, 5) is 30.1. The highest BCUT2D eigenvalue weighted by atomic mass is 16.2. The summed E-state index contributed by atoms with van der Waals surface area (Å²) < 4.78 is 0. The van der Waals surface area contributed by atoms with Crippen molar-refractivity contribution in [3.05, 3.63) is 59.9 Å². The van der Waals surface area contributed by atoms with E-state index in [1.807, 2.05) is 29.2 Å². The van der Waals surface area contributed by atoms with E-state index in [9.17, 15) is 9.59 Å². The summed E-state index contributed by atoms with van der Waals surface area (Å²) in [6.07, 6.45) is 4.20. The Morgan fingerprint density at radius 1 is 1.04 bits per heavy atom. The van der Waals surface area contributed by atoms with Gasteiger partial charge in [0.05, 0.1) is 6.42 Å². The van der Waals surface area contributed by atoms with Crippen molar-refractivity contribution < 1.29 is 9.59 Å². The molecule has 0 bridgehead atoms. The summed E-state index contributed by atoms with van der Waals surface area (Å²) in [6, 6.07) is 12.6. The highest BCUT2D eigenvalue weighted by Crippen LogP contribution is 2.14. The predicted molar refractivity (Wildman–Crippen MR) is 88.2 cm³/mol. The molecule has 1 aromatic carbocycles. The quantitative estimate of drug-likeness (QED) is 0.944. The summed E-state index contributed by atoms with van der Waals surface area (Å²) in [5.74, 6) is -0.0701. The fourth-order valence-corrected chi connectivity index (χ4v) is 2.65. The van der Waals surface area contributed by atoms with Gasteiger partial charge in [0.1, 0.15) is 5.69 Å². The molecule has 0 atom stereocenters. The molecule has 1 aliphatic rings. The zero-order chi connectivity index (χ0) is 16.1. The zero-order valence-electron chi connectivity index (χ0n) is 12.9. The number of anilines is 1. The predicted octanol–water partition coefficient (Wildman–Crippen LogP) is 2.50. The Morgan fingerprint density at radius 2 is 1.78 bits per heavy atom. The number of hydrogen-bond acceptors (Lipinski definition) is 3. The Balaban J connectivity index is 1.58. The molecule has 0 radical (unpaired) electrons. The molecule has 1 aromatic heterocycles. The van der Waals surface area contributed by atoms with Gasteiger partial charge in [-0.1, -0.05) is 18.2 Å². The molecule has 118 valence electrons. The van der Waals surface area contributed by atoms with Crippen molar-refractivity contribution in [2.45, 2.75) is 19.3 Å². The SMILES string of the molecule is O=C(Nc1ccc(CC(=O)N2CCCC2)cc1)c1ccccn1. The van der Waals surface area contributed by atoms with E-state index in [2.05, 4.69) is 10.3 Å². The summed E-state index contributed by atoms with van der Waals surface area (Å²) >= 11 is 0. The molecule has 2 amide bonds. The van der Waals surface area contributed by atoms with Gasteiger partial charge in [0.15, 0.2) is 0 Å². The van der Waals surface area contributed by atoms with Gasteiger partial charge in [-0.25, -0.2) is 0 Å². The second-order valence-electron chi connectivity index (χ2n) is 5.63. The molecule has 3 rings (SSSR count). The van der Waals surface area contributed by atoms with E-state index in [0.717, 1.165) is 31.5 Å². The minimum Gasteiger partial charge on any atom is -0.342 e. The number of carbonyl (C=O) groups excluding carboxylic acids is 2. The molecule has 2 heterocycles. The number of nitrogens with zero attached hydrogens (tertiary/aromatic N) is 2. The minimum atomic E-state index is -0.244. The summed E-state index contributed by atoms with van der Waals surface area (Å²) in [7, 11) is 0. The maximum atomic E-state index is 12.1. The van der Waals surface area contributed by atoms with Crippen molar-refractivity contribution in [1.29, 1.82) is 0 Å². The van der Waals surface area contributed by atoms with E-state index in [4.69, 9.17) is 0 Å². The van der Waals surface area contributed by atoms with Crippen LogP contribution in [0, 0.1) is 0 Å². The van der Waals surface area contributed by atoms with Crippen molar-refractivity contribution in [2.75, 3.05) is 18.4 Å². The number of benzene rings is 1. The van der Waals surface area contributed by atoms with Gasteiger partial charge >= 0.3 is 0 Å². The number of rotatable bonds is 4. The summed E-state index contributed by atoms with van der Waals surface area (Å²) in [6.45, 7) is 1.74. The number of hydrogen-bond donors (Lipinski definition) is 1. The van der Waals surface area contributed by atoms with Gasteiger partial charge in [0, 0.05) is 25.0 Å². The number of aromatic nitrogens is 1. The van der Waals surface area contributed by atoms with Crippen LogP contribution in [0.2, 0.25) is 0 Å². The molecule has 1 N–H and O–H groups in total. The van der Waals surface area contributed by atoms with Gasteiger partial charge in [0.25, 0.3) is 5.91 Å². The van der Waals surface area contributed by atoms with E-state index >= 15 is 0 Å². The van der Waals surface area contributed by atoms with Gasteiger partial charge in [0.2, 0.25) is 5.91 Å². The van der Waals surface area contributed by atoms with Crippen molar-refractivity contribution in [3.8, 4) is 0 Å². The Bertz CT molecular complexity index is 677. The van der Waals surface area contributed by atoms with Crippen LogP contribution in [-0.4, -0.2) is 34.8 Å². The van der Waals surface area contributed by atoms with Gasteiger partial charge in [-0.15, -0.1) is 0 Å². The van der Waals surface area contributed by atoms with Crippen LogP contribution < -0.4 is 5.32 Å². The van der Waals surface area contributed by atoms with Crippen LogP contribution in [-0.2, 0) is 11.2 Å². The molecule has 0 saturated carbocycles. The third kappa shape index (κ3) is 3.94. The minimum absolute atomic E-state index is 0.174. The number of amides is 2. The van der Waals surface area contributed by atoms with Crippen LogP contribution in [0.5, 0.6) is 0 Å². The van der Waals surface area contributed by atoms with Crippen molar-refractivity contribution >= 4 is 17.5 Å². The fraction of sp³-hybridized carbons (Fsp3) is 0.278. The third-order valence-electron chi connectivity index (χ3n) is 3.92. The van der Waals surface area contributed by atoms with Crippen LogP contribution in [0.25, 0.3) is 0 Å². The van der Waals surface area contributed by atoms with E-state index in [1.165, 1.54) is 0 Å². The van der Waals surface area contributed by atoms with E-state index in [1.54, 1.807) is 24.4 Å². The van der Waals surface area contributed by atoms with E-state index < -0.39 is 0 Å². The van der Waals surface area contributed by atoms with Crippen LogP contribution in [0.15, 0.2) is 48.7 Å². The Morgan fingerprint density at radius 3 is 2.43 bits per heavy atom. The van der Waals surface area contributed by atoms with Gasteiger partial charge in [-0.05, 0) is 42.7 Å². The molecular formula is C18H19N3O2. The molecule has 0 spiro atoms. The first-order valence-corrected chi connectivity index (χ1v) is 7.81. The summed E-state index contributed by atoms with van der Waals surface area (Å²) in [5.41, 5.74) is 2.02. The molecule has 1 fully saturated rings. The van der Waals surface area contributed by atoms with Gasteiger partial charge in [-0.3, -0.25) is 14.6 Å². The second-order valence-corrected chi connectivity index (χ2v) is 5.63. The topological polar surface area (TPSA) is 62.3 Å². The van der Waals surface area contributed by atoms with Crippen LogP contribution in [0.1, 0.15) is 28.9 Å². The first kappa shape index (κ1) is 15.2. The maximum absolute atomic E-state index is 12.1. The molecule has 2 aromatic rings. The van der Waals surface area contributed by atoms with Crippen molar-refractivity contribution in [2.24, 2.45) is 0 Å². The lowest BCUT2D eigenvalue weighted by Gasteiger charge is -2.15. The molecule has 1 aliphatic heterocycles. The van der Waals surface area contributed by atoms with Crippen LogP contribution in [0.4, 0.5) is 5.69 Å².